The van der Waals surface area contributed by atoms with Crippen LogP contribution in [0.2, 0.25) is 0 Å². The van der Waals surface area contributed by atoms with Crippen molar-refractivity contribution in [2.24, 2.45) is 0 Å². The molecule has 86 valence electrons. The second kappa shape index (κ2) is 5.14. The molecule has 1 rings (SSSR count). The van der Waals surface area contributed by atoms with Crippen LogP contribution in [0.4, 0.5) is 0 Å². The van der Waals surface area contributed by atoms with Gasteiger partial charge in [0.15, 0.2) is 5.75 Å². The molecule has 0 spiro atoms. The minimum absolute atomic E-state index is 0.140. The molecule has 0 atom stereocenters. The van der Waals surface area contributed by atoms with Crippen LogP contribution < -0.4 is 4.74 Å². The number of aliphatic hydroxyl groups excluding tert-OH is 2. The van der Waals surface area contributed by atoms with Crippen LogP contribution in [0.15, 0.2) is 6.20 Å². The van der Waals surface area contributed by atoms with Crippen LogP contribution in [0.3, 0.4) is 0 Å². The highest BCUT2D eigenvalue weighted by Gasteiger charge is 2.17. The minimum atomic E-state index is -0.397. The molecule has 0 radical (unpaired) electrons. The second-order valence-corrected chi connectivity index (χ2v) is 3.74. The van der Waals surface area contributed by atoms with Crippen LogP contribution in [0.5, 0.6) is 5.75 Å². The molecule has 0 amide bonds. The van der Waals surface area contributed by atoms with E-state index in [2.05, 4.69) is 5.10 Å². The van der Waals surface area contributed by atoms with E-state index in [1.165, 1.54) is 0 Å². The number of rotatable bonds is 5. The summed E-state index contributed by atoms with van der Waals surface area (Å²) in [6.45, 7) is 3.75. The first-order valence-corrected chi connectivity index (χ1v) is 4.98. The Morgan fingerprint density at radius 1 is 1.40 bits per heavy atom. The van der Waals surface area contributed by atoms with Crippen LogP contribution in [0.1, 0.15) is 31.5 Å². The van der Waals surface area contributed by atoms with Crippen LogP contribution in [-0.2, 0) is 0 Å². The van der Waals surface area contributed by atoms with Crippen molar-refractivity contribution in [2.75, 3.05) is 20.3 Å². The van der Waals surface area contributed by atoms with E-state index in [0.29, 0.717) is 5.75 Å². The number of aliphatic hydroxyl groups is 2. The number of nitrogens with zero attached hydrogens (tertiary/aromatic N) is 2. The fraction of sp³-hybridized carbons (Fsp3) is 0.700. The van der Waals surface area contributed by atoms with Gasteiger partial charge in [-0.25, -0.2) is 0 Å². The molecule has 1 aromatic rings. The molecule has 15 heavy (non-hydrogen) atoms. The first-order chi connectivity index (χ1) is 7.13. The van der Waals surface area contributed by atoms with E-state index in [1.54, 1.807) is 18.0 Å². The van der Waals surface area contributed by atoms with Gasteiger partial charge in [-0.2, -0.15) is 5.10 Å². The Kier molecular flexibility index (Phi) is 4.11. The van der Waals surface area contributed by atoms with Crippen molar-refractivity contribution in [1.29, 1.82) is 0 Å². The molecule has 0 saturated carbocycles. The summed E-state index contributed by atoms with van der Waals surface area (Å²) in [5, 5.41) is 22.4. The van der Waals surface area contributed by atoms with Crippen LogP contribution >= 0.6 is 0 Å². The third-order valence-corrected chi connectivity index (χ3v) is 2.29. The van der Waals surface area contributed by atoms with Gasteiger partial charge in [-0.3, -0.25) is 4.68 Å². The van der Waals surface area contributed by atoms with Crippen molar-refractivity contribution in [3.63, 3.8) is 0 Å². The zero-order valence-corrected chi connectivity index (χ0v) is 9.34. The Morgan fingerprint density at radius 2 is 2.00 bits per heavy atom. The summed E-state index contributed by atoms with van der Waals surface area (Å²) >= 11 is 0. The van der Waals surface area contributed by atoms with Gasteiger partial charge in [-0.1, -0.05) is 13.8 Å². The van der Waals surface area contributed by atoms with Crippen molar-refractivity contribution in [2.45, 2.75) is 25.8 Å². The molecule has 5 nitrogen and oxygen atoms in total. The summed E-state index contributed by atoms with van der Waals surface area (Å²) in [4.78, 5) is 0. The van der Waals surface area contributed by atoms with E-state index >= 15 is 0 Å². The minimum Gasteiger partial charge on any atom is -0.493 e. The average molecular weight is 214 g/mol. The first kappa shape index (κ1) is 12.0. The Hall–Kier alpha value is -1.07. The highest BCUT2D eigenvalue weighted by atomic mass is 16.5. The number of methoxy groups -OCH3 is 1. The van der Waals surface area contributed by atoms with E-state index in [9.17, 15) is 0 Å². The standard InChI is InChI=1S/C10H18N2O3/c1-7(2)10-9(15-3)4-12(11-10)8(5-13)6-14/h4,7-8,13-14H,5-6H2,1-3H3. The predicted octanol–water partition coefficient (Wildman–Crippen LogP) is 0.541. The second-order valence-electron chi connectivity index (χ2n) is 3.74. The Bertz CT molecular complexity index is 306. The van der Waals surface area contributed by atoms with Gasteiger partial charge in [0.1, 0.15) is 5.69 Å². The number of aromatic nitrogens is 2. The predicted molar refractivity (Wildman–Crippen MR) is 56.1 cm³/mol. The normalized spacial score (nSPS) is 11.4. The largest absolute Gasteiger partial charge is 0.493 e. The monoisotopic (exact) mass is 214 g/mol. The molecule has 1 aromatic heterocycles. The van der Waals surface area contributed by atoms with Crippen molar-refractivity contribution in [3.8, 4) is 5.75 Å². The third-order valence-electron chi connectivity index (χ3n) is 2.29. The number of hydrogen-bond donors (Lipinski definition) is 2. The van der Waals surface area contributed by atoms with Crippen molar-refractivity contribution >= 4 is 0 Å². The van der Waals surface area contributed by atoms with Gasteiger partial charge < -0.3 is 14.9 Å². The van der Waals surface area contributed by atoms with Gasteiger partial charge in [0.05, 0.1) is 32.6 Å². The molecule has 0 unspecified atom stereocenters. The molecular weight excluding hydrogens is 196 g/mol. The van der Waals surface area contributed by atoms with Gasteiger partial charge in [0.25, 0.3) is 0 Å². The summed E-state index contributed by atoms with van der Waals surface area (Å²) in [6.07, 6.45) is 1.70. The van der Waals surface area contributed by atoms with Gasteiger partial charge in [-0.05, 0) is 0 Å². The molecule has 0 aliphatic heterocycles. The Balaban J connectivity index is 3.01. The average Bonchev–Trinajstić information content (AvgIpc) is 2.64. The maximum absolute atomic E-state index is 9.03. The SMILES string of the molecule is COc1cn(C(CO)CO)nc1C(C)C. The summed E-state index contributed by atoms with van der Waals surface area (Å²) in [7, 11) is 1.58. The Labute approximate surface area is 89.3 Å². The molecule has 0 aliphatic carbocycles. The first-order valence-electron chi connectivity index (χ1n) is 4.98. The molecule has 0 bridgehead atoms. The van der Waals surface area contributed by atoms with Crippen molar-refractivity contribution in [3.05, 3.63) is 11.9 Å². The highest BCUT2D eigenvalue weighted by Crippen LogP contribution is 2.25. The van der Waals surface area contributed by atoms with E-state index < -0.39 is 6.04 Å². The quantitative estimate of drug-likeness (QED) is 0.750. The summed E-state index contributed by atoms with van der Waals surface area (Å²) < 4.78 is 6.73. The van der Waals surface area contributed by atoms with Crippen LogP contribution in [0.25, 0.3) is 0 Å². The van der Waals surface area contributed by atoms with Gasteiger partial charge >= 0.3 is 0 Å². The van der Waals surface area contributed by atoms with E-state index in [0.717, 1.165) is 5.69 Å². The smallest absolute Gasteiger partial charge is 0.160 e. The maximum Gasteiger partial charge on any atom is 0.160 e. The Morgan fingerprint density at radius 3 is 2.33 bits per heavy atom. The van der Waals surface area contributed by atoms with E-state index in [-0.39, 0.29) is 19.1 Å². The zero-order valence-electron chi connectivity index (χ0n) is 9.34. The van der Waals surface area contributed by atoms with E-state index in [4.69, 9.17) is 14.9 Å². The van der Waals surface area contributed by atoms with E-state index in [1.807, 2.05) is 13.8 Å². The van der Waals surface area contributed by atoms with Crippen LogP contribution in [0, 0.1) is 0 Å². The lowest BCUT2D eigenvalue weighted by Gasteiger charge is -2.10. The van der Waals surface area contributed by atoms with Gasteiger partial charge in [0.2, 0.25) is 0 Å². The molecule has 1 heterocycles. The molecule has 5 heteroatoms. The molecule has 0 fully saturated rings. The fourth-order valence-corrected chi connectivity index (χ4v) is 1.36. The highest BCUT2D eigenvalue weighted by molar-refractivity contribution is 5.27. The summed E-state index contributed by atoms with van der Waals surface area (Å²) in [5.41, 5.74) is 0.837. The topological polar surface area (TPSA) is 67.5 Å². The molecule has 0 saturated heterocycles. The van der Waals surface area contributed by atoms with Crippen molar-refractivity contribution in [1.82, 2.24) is 9.78 Å². The summed E-state index contributed by atoms with van der Waals surface area (Å²) in [6, 6.07) is -0.397. The fourth-order valence-electron chi connectivity index (χ4n) is 1.36. The lowest BCUT2D eigenvalue weighted by Crippen LogP contribution is -2.17. The maximum atomic E-state index is 9.03. The van der Waals surface area contributed by atoms with Crippen molar-refractivity contribution < 1.29 is 14.9 Å². The number of hydrogen-bond acceptors (Lipinski definition) is 4. The zero-order chi connectivity index (χ0) is 11.4. The third kappa shape index (κ3) is 2.49. The summed E-state index contributed by atoms with van der Waals surface area (Å²) in [5.74, 6) is 0.941. The van der Waals surface area contributed by atoms with Crippen LogP contribution in [-0.4, -0.2) is 40.3 Å². The lowest BCUT2D eigenvalue weighted by molar-refractivity contribution is 0.145. The molecule has 0 aliphatic rings. The van der Waals surface area contributed by atoms with Gasteiger partial charge in [-0.15, -0.1) is 0 Å². The molecular formula is C10H18N2O3. The molecule has 2 N–H and O–H groups in total. The molecule has 0 aromatic carbocycles. The number of ether oxygens (including phenoxy) is 1. The lowest BCUT2D eigenvalue weighted by atomic mass is 10.1. The van der Waals surface area contributed by atoms with Gasteiger partial charge in [0, 0.05) is 5.92 Å².